The van der Waals surface area contributed by atoms with Crippen molar-refractivity contribution in [3.05, 3.63) is 29.3 Å². The number of hydrogen-bond donors (Lipinski definition) is 2. The largest absolute Gasteiger partial charge is 0.490 e. The quantitative estimate of drug-likeness (QED) is 0.771. The number of nitrogens with zero attached hydrogens (tertiary/aromatic N) is 2. The summed E-state index contributed by atoms with van der Waals surface area (Å²) >= 11 is 5.97. The van der Waals surface area contributed by atoms with Crippen LogP contribution in [0.2, 0.25) is 5.02 Å². The first-order valence-electron chi connectivity index (χ1n) is 9.86. The van der Waals surface area contributed by atoms with Gasteiger partial charge >= 0.3 is 6.09 Å². The summed E-state index contributed by atoms with van der Waals surface area (Å²) in [5, 5.41) is 22.0. The maximum absolute atomic E-state index is 11.9. The summed E-state index contributed by atoms with van der Waals surface area (Å²) in [4.78, 5) is 15.8. The Morgan fingerprint density at radius 1 is 1.29 bits per heavy atom. The number of piperidine rings is 2. The second kappa shape index (κ2) is 9.31. The van der Waals surface area contributed by atoms with Crippen LogP contribution in [0.4, 0.5) is 4.79 Å². The molecule has 2 aliphatic rings. The smallest absolute Gasteiger partial charge is 0.409 e. The average molecular weight is 413 g/mol. The van der Waals surface area contributed by atoms with Crippen LogP contribution in [0.3, 0.4) is 0 Å². The van der Waals surface area contributed by atoms with Crippen LogP contribution >= 0.6 is 11.6 Å². The van der Waals surface area contributed by atoms with Gasteiger partial charge in [0.1, 0.15) is 18.0 Å². The van der Waals surface area contributed by atoms with Crippen LogP contribution in [-0.4, -0.2) is 83.2 Å². The SMILES string of the molecule is CCOC(=O)N1CCC(N2CC[C@H](O)[C@@](O)(COc3cccc(Cl)c3)C2)CC1. The number of rotatable bonds is 5. The summed E-state index contributed by atoms with van der Waals surface area (Å²) < 4.78 is 10.8. The molecule has 156 valence electrons. The zero-order valence-corrected chi connectivity index (χ0v) is 17.0. The first-order valence-corrected chi connectivity index (χ1v) is 10.2. The van der Waals surface area contributed by atoms with Crippen LogP contribution in [0.15, 0.2) is 24.3 Å². The van der Waals surface area contributed by atoms with E-state index in [9.17, 15) is 15.0 Å². The van der Waals surface area contributed by atoms with E-state index < -0.39 is 11.7 Å². The Hall–Kier alpha value is -1.54. The molecule has 3 rings (SSSR count). The van der Waals surface area contributed by atoms with Gasteiger partial charge in [0.2, 0.25) is 0 Å². The van der Waals surface area contributed by atoms with E-state index >= 15 is 0 Å². The van der Waals surface area contributed by atoms with Gasteiger partial charge in [0, 0.05) is 37.2 Å². The van der Waals surface area contributed by atoms with Crippen molar-refractivity contribution in [3.8, 4) is 5.75 Å². The van der Waals surface area contributed by atoms with E-state index in [1.807, 2.05) is 0 Å². The van der Waals surface area contributed by atoms with Crippen LogP contribution in [0, 0.1) is 0 Å². The van der Waals surface area contributed by atoms with Gasteiger partial charge in [-0.3, -0.25) is 4.90 Å². The highest BCUT2D eigenvalue weighted by atomic mass is 35.5. The second-order valence-corrected chi connectivity index (χ2v) is 7.98. The van der Waals surface area contributed by atoms with Crippen molar-refractivity contribution in [1.82, 2.24) is 9.80 Å². The summed E-state index contributed by atoms with van der Waals surface area (Å²) in [6.07, 6.45) is 1.01. The third kappa shape index (κ3) is 5.08. The van der Waals surface area contributed by atoms with Gasteiger partial charge < -0.3 is 24.6 Å². The van der Waals surface area contributed by atoms with Crippen molar-refractivity contribution in [3.63, 3.8) is 0 Å². The monoisotopic (exact) mass is 412 g/mol. The summed E-state index contributed by atoms with van der Waals surface area (Å²) in [6, 6.07) is 7.25. The van der Waals surface area contributed by atoms with Crippen molar-refractivity contribution in [1.29, 1.82) is 0 Å². The first kappa shape index (κ1) is 21.2. The van der Waals surface area contributed by atoms with Crippen molar-refractivity contribution < 1.29 is 24.5 Å². The van der Waals surface area contributed by atoms with Gasteiger partial charge in [0.05, 0.1) is 12.7 Å². The summed E-state index contributed by atoms with van der Waals surface area (Å²) in [7, 11) is 0. The molecule has 2 N–H and O–H groups in total. The third-order valence-corrected chi connectivity index (χ3v) is 5.81. The molecule has 1 aromatic carbocycles. The number of aliphatic hydroxyl groups excluding tert-OH is 1. The van der Waals surface area contributed by atoms with E-state index in [0.29, 0.717) is 50.0 Å². The minimum atomic E-state index is -1.35. The molecule has 28 heavy (non-hydrogen) atoms. The maximum atomic E-state index is 11.9. The van der Waals surface area contributed by atoms with E-state index in [1.165, 1.54) is 0 Å². The van der Waals surface area contributed by atoms with Gasteiger partial charge in [-0.1, -0.05) is 17.7 Å². The molecule has 0 saturated carbocycles. The molecule has 0 spiro atoms. The fourth-order valence-electron chi connectivity index (χ4n) is 3.94. The number of ether oxygens (including phenoxy) is 2. The molecule has 2 heterocycles. The van der Waals surface area contributed by atoms with E-state index in [0.717, 1.165) is 12.8 Å². The highest BCUT2D eigenvalue weighted by Crippen LogP contribution is 2.28. The second-order valence-electron chi connectivity index (χ2n) is 7.54. The van der Waals surface area contributed by atoms with Crippen LogP contribution in [0.1, 0.15) is 26.2 Å². The predicted octanol–water partition coefficient (Wildman–Crippen LogP) is 2.14. The molecule has 1 amide bonds. The Morgan fingerprint density at radius 3 is 2.71 bits per heavy atom. The molecule has 0 unspecified atom stereocenters. The molecule has 2 atom stereocenters. The third-order valence-electron chi connectivity index (χ3n) is 5.58. The number of likely N-dealkylation sites (tertiary alicyclic amines) is 2. The molecular weight excluding hydrogens is 384 g/mol. The molecule has 0 bridgehead atoms. The fraction of sp³-hybridized carbons (Fsp3) is 0.650. The number of β-amino-alcohol motifs (C(OH)–C–C–N with tert-alkyl or cyclic N) is 1. The van der Waals surface area contributed by atoms with E-state index in [2.05, 4.69) is 4.90 Å². The van der Waals surface area contributed by atoms with Crippen LogP contribution < -0.4 is 4.74 Å². The zero-order chi connectivity index (χ0) is 20.1. The van der Waals surface area contributed by atoms with Crippen LogP contribution in [-0.2, 0) is 4.74 Å². The highest BCUT2D eigenvalue weighted by Gasteiger charge is 2.44. The van der Waals surface area contributed by atoms with Gasteiger partial charge in [-0.25, -0.2) is 4.79 Å². The van der Waals surface area contributed by atoms with E-state index in [4.69, 9.17) is 21.1 Å². The maximum Gasteiger partial charge on any atom is 0.409 e. The highest BCUT2D eigenvalue weighted by molar-refractivity contribution is 6.30. The van der Waals surface area contributed by atoms with E-state index in [-0.39, 0.29) is 18.7 Å². The van der Waals surface area contributed by atoms with Gasteiger partial charge in [-0.05, 0) is 44.4 Å². The Labute approximate surface area is 170 Å². The lowest BCUT2D eigenvalue weighted by atomic mass is 9.88. The van der Waals surface area contributed by atoms with Gasteiger partial charge in [0.25, 0.3) is 0 Å². The molecule has 8 heteroatoms. The average Bonchev–Trinajstić information content (AvgIpc) is 2.69. The number of carbonyl (C=O) groups excluding carboxylic acids is 1. The lowest BCUT2D eigenvalue weighted by Crippen LogP contribution is -2.62. The number of benzene rings is 1. The van der Waals surface area contributed by atoms with Gasteiger partial charge in [-0.15, -0.1) is 0 Å². The number of carbonyl (C=O) groups is 1. The molecule has 0 aromatic heterocycles. The minimum absolute atomic E-state index is 0.00726. The summed E-state index contributed by atoms with van der Waals surface area (Å²) in [5.74, 6) is 0.563. The zero-order valence-electron chi connectivity index (χ0n) is 16.2. The van der Waals surface area contributed by atoms with E-state index in [1.54, 1.807) is 36.1 Å². The molecule has 7 nitrogen and oxygen atoms in total. The standard InChI is InChI=1S/C20H29ClN2O5/c1-2-27-19(25)22-9-6-16(7-10-22)23-11-8-18(24)20(26,13-23)14-28-17-5-3-4-15(21)12-17/h3-5,12,16,18,24,26H,2,6-11,13-14H2,1H3/t18-,20-/m0/s1. The van der Waals surface area contributed by atoms with Crippen molar-refractivity contribution in [2.24, 2.45) is 0 Å². The molecule has 2 saturated heterocycles. The van der Waals surface area contributed by atoms with Crippen LogP contribution in [0.25, 0.3) is 0 Å². The Morgan fingerprint density at radius 2 is 2.04 bits per heavy atom. The lowest BCUT2D eigenvalue weighted by Gasteiger charge is -2.47. The van der Waals surface area contributed by atoms with Crippen molar-refractivity contribution in [2.75, 3.05) is 39.4 Å². The topological polar surface area (TPSA) is 82.5 Å². The molecule has 0 radical (unpaired) electrons. The fourth-order valence-corrected chi connectivity index (χ4v) is 4.12. The molecular formula is C20H29ClN2O5. The lowest BCUT2D eigenvalue weighted by molar-refractivity contribution is -0.147. The summed E-state index contributed by atoms with van der Waals surface area (Å²) in [6.45, 7) is 4.49. The molecule has 0 aliphatic carbocycles. The van der Waals surface area contributed by atoms with Gasteiger partial charge in [-0.2, -0.15) is 0 Å². The number of amides is 1. The molecule has 2 fully saturated rings. The summed E-state index contributed by atoms with van der Waals surface area (Å²) in [5.41, 5.74) is -1.35. The Bertz CT molecular complexity index is 668. The predicted molar refractivity (Wildman–Crippen MR) is 106 cm³/mol. The Balaban J connectivity index is 1.55. The van der Waals surface area contributed by atoms with Crippen LogP contribution in [0.5, 0.6) is 5.75 Å². The minimum Gasteiger partial charge on any atom is -0.490 e. The molecule has 1 aromatic rings. The number of aliphatic hydroxyl groups is 2. The normalized spacial score (nSPS) is 26.9. The van der Waals surface area contributed by atoms with Crippen molar-refractivity contribution in [2.45, 2.75) is 43.9 Å². The van der Waals surface area contributed by atoms with Crippen molar-refractivity contribution >= 4 is 17.7 Å². The molecule has 2 aliphatic heterocycles. The first-order chi connectivity index (χ1) is 13.4. The number of halogens is 1. The van der Waals surface area contributed by atoms with Gasteiger partial charge in [0.15, 0.2) is 0 Å². The number of hydrogen-bond acceptors (Lipinski definition) is 6. The Kier molecular flexibility index (Phi) is 7.04.